The molecule has 2 aromatic rings. The number of nitrogens with one attached hydrogen (secondary N) is 1. The van der Waals surface area contributed by atoms with Crippen LogP contribution in [-0.4, -0.2) is 7.11 Å². The molecule has 21 heavy (non-hydrogen) atoms. The molecule has 0 saturated carbocycles. The minimum atomic E-state index is -2.62. The Morgan fingerprint density at radius 3 is 2.43 bits per heavy atom. The topological polar surface area (TPSA) is 47.3 Å². The summed E-state index contributed by atoms with van der Waals surface area (Å²) in [5, 5.41) is 2.97. The molecule has 0 saturated heterocycles. The number of rotatable bonds is 4. The molecular formula is C14H12Br2F2N2O. The van der Waals surface area contributed by atoms with Crippen molar-refractivity contribution in [2.45, 2.75) is 6.43 Å². The average molecular weight is 422 g/mol. The smallest absolute Gasteiger partial charge is 0.265 e. The van der Waals surface area contributed by atoms with Crippen LogP contribution in [0.1, 0.15) is 12.0 Å². The van der Waals surface area contributed by atoms with E-state index in [4.69, 9.17) is 10.5 Å². The maximum atomic E-state index is 13.1. The number of methoxy groups -OCH3 is 1. The van der Waals surface area contributed by atoms with E-state index in [-0.39, 0.29) is 5.56 Å². The van der Waals surface area contributed by atoms with Crippen molar-refractivity contribution >= 4 is 48.9 Å². The predicted molar refractivity (Wildman–Crippen MR) is 87.5 cm³/mol. The summed E-state index contributed by atoms with van der Waals surface area (Å²) >= 11 is 6.74. The maximum Gasteiger partial charge on any atom is 0.265 e. The standard InChI is InChI=1S/C14H12Br2F2N2O/c1-21-13-6-12(9(15)5-10(13)16)20-11-3-2-7(19)4-8(11)14(17)18/h2-6,14,20H,19H2,1H3. The van der Waals surface area contributed by atoms with Gasteiger partial charge in [-0.15, -0.1) is 0 Å². The zero-order chi connectivity index (χ0) is 15.6. The van der Waals surface area contributed by atoms with Crippen LogP contribution >= 0.6 is 31.9 Å². The van der Waals surface area contributed by atoms with Gasteiger partial charge in [-0.25, -0.2) is 8.78 Å². The third-order valence-corrected chi connectivity index (χ3v) is 4.10. The first-order chi connectivity index (χ1) is 9.92. The first-order valence-corrected chi connectivity index (χ1v) is 7.48. The van der Waals surface area contributed by atoms with Crippen molar-refractivity contribution < 1.29 is 13.5 Å². The fourth-order valence-corrected chi connectivity index (χ4v) is 3.06. The van der Waals surface area contributed by atoms with Gasteiger partial charge in [0.15, 0.2) is 0 Å². The van der Waals surface area contributed by atoms with Crippen molar-refractivity contribution in [3.63, 3.8) is 0 Å². The van der Waals surface area contributed by atoms with Crippen LogP contribution in [0.4, 0.5) is 25.8 Å². The van der Waals surface area contributed by atoms with Gasteiger partial charge < -0.3 is 15.8 Å². The minimum Gasteiger partial charge on any atom is -0.495 e. The van der Waals surface area contributed by atoms with Crippen molar-refractivity contribution in [3.05, 3.63) is 44.8 Å². The number of ether oxygens (including phenoxy) is 1. The summed E-state index contributed by atoms with van der Waals surface area (Å²) in [5.74, 6) is 0.592. The highest BCUT2D eigenvalue weighted by Gasteiger charge is 2.15. The lowest BCUT2D eigenvalue weighted by molar-refractivity contribution is 0.152. The minimum absolute atomic E-state index is 0.149. The highest BCUT2D eigenvalue weighted by atomic mass is 79.9. The summed E-state index contributed by atoms with van der Waals surface area (Å²) < 4.78 is 32.8. The van der Waals surface area contributed by atoms with Crippen LogP contribution in [0, 0.1) is 0 Å². The van der Waals surface area contributed by atoms with Crippen LogP contribution < -0.4 is 15.8 Å². The summed E-state index contributed by atoms with van der Waals surface area (Å²) in [5.41, 5.74) is 6.61. The molecule has 2 aromatic carbocycles. The zero-order valence-corrected chi connectivity index (χ0v) is 14.1. The van der Waals surface area contributed by atoms with Crippen LogP contribution in [-0.2, 0) is 0 Å². The lowest BCUT2D eigenvalue weighted by Gasteiger charge is -2.15. The molecule has 0 atom stereocenters. The molecule has 0 aliphatic heterocycles. The van der Waals surface area contributed by atoms with Gasteiger partial charge in [-0.2, -0.15) is 0 Å². The SMILES string of the molecule is COc1cc(Nc2ccc(N)cc2C(F)F)c(Br)cc1Br. The van der Waals surface area contributed by atoms with Gasteiger partial charge in [0.1, 0.15) is 5.75 Å². The number of nitrogens with two attached hydrogens (primary N) is 1. The van der Waals surface area contributed by atoms with Gasteiger partial charge in [-0.1, -0.05) is 0 Å². The Kier molecular flexibility index (Phi) is 5.05. The van der Waals surface area contributed by atoms with Crippen molar-refractivity contribution in [1.82, 2.24) is 0 Å². The molecule has 0 radical (unpaired) electrons. The molecule has 0 aliphatic rings. The molecule has 0 heterocycles. The van der Waals surface area contributed by atoms with Gasteiger partial charge in [0, 0.05) is 27.5 Å². The molecule has 0 aromatic heterocycles. The number of anilines is 3. The molecule has 0 fully saturated rings. The highest BCUT2D eigenvalue weighted by Crippen LogP contribution is 2.38. The molecule has 0 aliphatic carbocycles. The number of benzene rings is 2. The fraction of sp³-hybridized carbons (Fsp3) is 0.143. The van der Waals surface area contributed by atoms with Gasteiger partial charge in [0.2, 0.25) is 0 Å². The van der Waals surface area contributed by atoms with E-state index in [2.05, 4.69) is 37.2 Å². The van der Waals surface area contributed by atoms with E-state index in [9.17, 15) is 8.78 Å². The van der Waals surface area contributed by atoms with Gasteiger partial charge in [-0.3, -0.25) is 0 Å². The Hall–Kier alpha value is -1.34. The van der Waals surface area contributed by atoms with Crippen LogP contribution in [0.5, 0.6) is 5.75 Å². The lowest BCUT2D eigenvalue weighted by Crippen LogP contribution is -1.99. The Morgan fingerprint density at radius 2 is 1.81 bits per heavy atom. The van der Waals surface area contributed by atoms with Crippen molar-refractivity contribution in [3.8, 4) is 5.75 Å². The van der Waals surface area contributed by atoms with Gasteiger partial charge in [-0.05, 0) is 56.1 Å². The third kappa shape index (κ3) is 3.65. The molecule has 0 spiro atoms. The lowest BCUT2D eigenvalue weighted by atomic mass is 10.1. The first-order valence-electron chi connectivity index (χ1n) is 5.90. The molecule has 0 bridgehead atoms. The molecule has 0 unspecified atom stereocenters. The average Bonchev–Trinajstić information content (AvgIpc) is 2.43. The predicted octanol–water partition coefficient (Wildman–Crippen LogP) is 5.48. The second-order valence-electron chi connectivity index (χ2n) is 4.24. The monoisotopic (exact) mass is 420 g/mol. The van der Waals surface area contributed by atoms with E-state index in [1.165, 1.54) is 19.2 Å². The Morgan fingerprint density at radius 1 is 1.10 bits per heavy atom. The number of alkyl halides is 2. The van der Waals surface area contributed by atoms with Gasteiger partial charge >= 0.3 is 0 Å². The zero-order valence-electron chi connectivity index (χ0n) is 11.0. The van der Waals surface area contributed by atoms with E-state index < -0.39 is 6.43 Å². The summed E-state index contributed by atoms with van der Waals surface area (Å²) in [4.78, 5) is 0. The molecule has 3 N–H and O–H groups in total. The van der Waals surface area contributed by atoms with E-state index in [1.807, 2.05) is 0 Å². The summed E-state index contributed by atoms with van der Waals surface area (Å²) in [7, 11) is 1.53. The first kappa shape index (κ1) is 16.0. The Labute approximate surface area is 137 Å². The van der Waals surface area contributed by atoms with Gasteiger partial charge in [0.25, 0.3) is 6.43 Å². The van der Waals surface area contributed by atoms with Crippen LogP contribution in [0.25, 0.3) is 0 Å². The van der Waals surface area contributed by atoms with Crippen molar-refractivity contribution in [2.24, 2.45) is 0 Å². The van der Waals surface area contributed by atoms with Crippen molar-refractivity contribution in [2.75, 3.05) is 18.2 Å². The summed E-state index contributed by atoms with van der Waals surface area (Å²) in [6.45, 7) is 0. The van der Waals surface area contributed by atoms with Crippen molar-refractivity contribution in [1.29, 1.82) is 0 Å². The van der Waals surface area contributed by atoms with Crippen LogP contribution in [0.3, 0.4) is 0 Å². The molecular weight excluding hydrogens is 410 g/mol. The number of hydrogen-bond acceptors (Lipinski definition) is 3. The fourth-order valence-electron chi connectivity index (χ4n) is 1.80. The largest absolute Gasteiger partial charge is 0.495 e. The van der Waals surface area contributed by atoms with Crippen LogP contribution in [0.2, 0.25) is 0 Å². The normalized spacial score (nSPS) is 10.8. The molecule has 112 valence electrons. The maximum absolute atomic E-state index is 13.1. The molecule has 7 heteroatoms. The Bertz CT molecular complexity index is 666. The molecule has 3 nitrogen and oxygen atoms in total. The third-order valence-electron chi connectivity index (χ3n) is 2.82. The Balaban J connectivity index is 2.43. The second kappa shape index (κ2) is 6.62. The number of hydrogen-bond donors (Lipinski definition) is 2. The summed E-state index contributed by atoms with van der Waals surface area (Å²) in [6, 6.07) is 7.84. The van der Waals surface area contributed by atoms with Gasteiger partial charge in [0.05, 0.1) is 17.3 Å². The summed E-state index contributed by atoms with van der Waals surface area (Å²) in [6.07, 6.45) is -2.62. The number of halogens is 4. The molecule has 2 rings (SSSR count). The number of nitrogen functional groups attached to an aromatic ring is 1. The highest BCUT2D eigenvalue weighted by molar-refractivity contribution is 9.11. The van der Waals surface area contributed by atoms with Crippen LogP contribution in [0.15, 0.2) is 39.3 Å². The van der Waals surface area contributed by atoms with E-state index >= 15 is 0 Å². The second-order valence-corrected chi connectivity index (χ2v) is 5.95. The van der Waals surface area contributed by atoms with E-state index in [0.29, 0.717) is 27.3 Å². The quantitative estimate of drug-likeness (QED) is 0.642. The van der Waals surface area contributed by atoms with E-state index in [1.54, 1.807) is 18.2 Å². The van der Waals surface area contributed by atoms with E-state index in [0.717, 1.165) is 4.47 Å². The molecule has 0 amide bonds.